The SMILES string of the molecule is COc1ncc(-c2ccc3ncc(C#N)c(N4CCO[C@@H](C)C4)c3c2)cc1NS(C)(=O)=O. The zero-order valence-corrected chi connectivity index (χ0v) is 18.8. The van der Waals surface area contributed by atoms with Gasteiger partial charge in [0.15, 0.2) is 0 Å². The van der Waals surface area contributed by atoms with Gasteiger partial charge in [-0.2, -0.15) is 5.26 Å². The molecule has 1 N–H and O–H groups in total. The number of pyridine rings is 2. The summed E-state index contributed by atoms with van der Waals surface area (Å²) in [7, 11) is -2.09. The second-order valence-corrected chi connectivity index (χ2v) is 9.40. The molecule has 3 heterocycles. The van der Waals surface area contributed by atoms with Crippen molar-refractivity contribution in [1.82, 2.24) is 9.97 Å². The van der Waals surface area contributed by atoms with Crippen molar-refractivity contribution in [2.45, 2.75) is 13.0 Å². The van der Waals surface area contributed by atoms with E-state index in [-0.39, 0.29) is 17.7 Å². The number of rotatable bonds is 5. The minimum atomic E-state index is -3.51. The number of hydrogen-bond acceptors (Lipinski definition) is 8. The number of fused-ring (bicyclic) bond motifs is 1. The second-order valence-electron chi connectivity index (χ2n) is 7.65. The molecular weight excluding hydrogens is 430 g/mol. The van der Waals surface area contributed by atoms with Crippen molar-refractivity contribution < 1.29 is 17.9 Å². The molecule has 0 bridgehead atoms. The lowest BCUT2D eigenvalue weighted by atomic mass is 10.0. The molecule has 32 heavy (non-hydrogen) atoms. The van der Waals surface area contributed by atoms with Gasteiger partial charge in [-0.25, -0.2) is 13.4 Å². The van der Waals surface area contributed by atoms with Crippen molar-refractivity contribution in [2.75, 3.05) is 42.7 Å². The highest BCUT2D eigenvalue weighted by Crippen LogP contribution is 2.35. The van der Waals surface area contributed by atoms with E-state index in [1.165, 1.54) is 7.11 Å². The normalized spacial score (nSPS) is 16.6. The summed E-state index contributed by atoms with van der Waals surface area (Å²) in [6, 6.07) is 9.65. The fourth-order valence-corrected chi connectivity index (χ4v) is 4.39. The van der Waals surface area contributed by atoms with Gasteiger partial charge in [0.25, 0.3) is 0 Å². The number of nitrogens with zero attached hydrogens (tertiary/aromatic N) is 4. The molecule has 1 aromatic carbocycles. The minimum absolute atomic E-state index is 0.0529. The number of hydrogen-bond donors (Lipinski definition) is 1. The quantitative estimate of drug-likeness (QED) is 0.627. The summed E-state index contributed by atoms with van der Waals surface area (Å²) in [6.07, 6.45) is 4.34. The molecule has 1 saturated heterocycles. The number of nitriles is 1. The molecule has 9 nitrogen and oxygen atoms in total. The van der Waals surface area contributed by atoms with Crippen LogP contribution in [0.25, 0.3) is 22.0 Å². The van der Waals surface area contributed by atoms with Crippen LogP contribution >= 0.6 is 0 Å². The Morgan fingerprint density at radius 1 is 1.25 bits per heavy atom. The van der Waals surface area contributed by atoms with E-state index in [2.05, 4.69) is 25.7 Å². The van der Waals surface area contributed by atoms with Gasteiger partial charge < -0.3 is 14.4 Å². The van der Waals surface area contributed by atoms with Gasteiger partial charge in [-0.3, -0.25) is 9.71 Å². The van der Waals surface area contributed by atoms with Gasteiger partial charge in [0.05, 0.1) is 42.8 Å². The maximum Gasteiger partial charge on any atom is 0.238 e. The third-order valence-corrected chi connectivity index (χ3v) is 5.78. The fourth-order valence-electron chi connectivity index (χ4n) is 3.85. The van der Waals surface area contributed by atoms with E-state index in [9.17, 15) is 13.7 Å². The Morgan fingerprint density at radius 2 is 2.06 bits per heavy atom. The number of anilines is 2. The minimum Gasteiger partial charge on any atom is -0.480 e. The maximum atomic E-state index is 11.8. The van der Waals surface area contributed by atoms with E-state index < -0.39 is 10.0 Å². The predicted octanol–water partition coefficient (Wildman–Crippen LogP) is 2.77. The molecule has 1 aliphatic heterocycles. The average Bonchev–Trinajstić information content (AvgIpc) is 2.76. The highest BCUT2D eigenvalue weighted by molar-refractivity contribution is 7.92. The van der Waals surface area contributed by atoms with E-state index in [4.69, 9.17) is 9.47 Å². The molecule has 1 fully saturated rings. The molecule has 3 aromatic rings. The summed E-state index contributed by atoms with van der Waals surface area (Å²) >= 11 is 0. The number of aromatic nitrogens is 2. The first-order valence-corrected chi connectivity index (χ1v) is 11.9. The Bertz CT molecular complexity index is 1320. The number of benzene rings is 1. The first kappa shape index (κ1) is 21.8. The third-order valence-electron chi connectivity index (χ3n) is 5.19. The van der Waals surface area contributed by atoms with Crippen LogP contribution in [0.2, 0.25) is 0 Å². The van der Waals surface area contributed by atoms with Gasteiger partial charge >= 0.3 is 0 Å². The first-order chi connectivity index (χ1) is 15.3. The molecular formula is C22H23N5O4S. The number of nitrogens with one attached hydrogen (secondary N) is 1. The van der Waals surface area contributed by atoms with Crippen molar-refractivity contribution in [3.63, 3.8) is 0 Å². The molecule has 1 atom stereocenters. The molecule has 0 aliphatic carbocycles. The predicted molar refractivity (Wildman–Crippen MR) is 122 cm³/mol. The van der Waals surface area contributed by atoms with Crippen LogP contribution in [-0.2, 0) is 14.8 Å². The van der Waals surface area contributed by atoms with Crippen LogP contribution in [0.4, 0.5) is 11.4 Å². The van der Waals surface area contributed by atoms with Crippen LogP contribution in [0, 0.1) is 11.3 Å². The van der Waals surface area contributed by atoms with Crippen LogP contribution in [-0.4, -0.2) is 57.6 Å². The van der Waals surface area contributed by atoms with Gasteiger partial charge in [-0.15, -0.1) is 0 Å². The summed E-state index contributed by atoms with van der Waals surface area (Å²) in [6.45, 7) is 3.93. The largest absolute Gasteiger partial charge is 0.480 e. The molecule has 10 heteroatoms. The molecule has 1 aliphatic rings. The lowest BCUT2D eigenvalue weighted by molar-refractivity contribution is 0.0533. The Balaban J connectivity index is 1.86. The van der Waals surface area contributed by atoms with E-state index >= 15 is 0 Å². The fraction of sp³-hybridized carbons (Fsp3) is 0.318. The Hall–Kier alpha value is -3.42. The highest BCUT2D eigenvalue weighted by Gasteiger charge is 2.22. The Labute approximate surface area is 186 Å². The molecule has 0 spiro atoms. The van der Waals surface area contributed by atoms with Crippen LogP contribution in [0.15, 0.2) is 36.7 Å². The van der Waals surface area contributed by atoms with Crippen LogP contribution in [0.3, 0.4) is 0 Å². The first-order valence-electron chi connectivity index (χ1n) is 10.0. The lowest BCUT2D eigenvalue weighted by Crippen LogP contribution is -2.41. The number of methoxy groups -OCH3 is 1. The standard InChI is InChI=1S/C22H23N5O4S/c1-14-13-27(6-7-31-14)21-17(10-23)12-24-19-5-4-15(8-18(19)21)16-9-20(26-32(3,28)29)22(30-2)25-11-16/h4-5,8-9,11-12,14,26H,6-7,13H2,1-3H3/t14-/m0/s1. The summed E-state index contributed by atoms with van der Waals surface area (Å²) in [4.78, 5) is 10.9. The molecule has 0 amide bonds. The smallest absolute Gasteiger partial charge is 0.238 e. The van der Waals surface area contributed by atoms with E-state index in [1.54, 1.807) is 18.5 Å². The average molecular weight is 454 g/mol. The Morgan fingerprint density at radius 3 is 2.75 bits per heavy atom. The van der Waals surface area contributed by atoms with Crippen LogP contribution in [0.5, 0.6) is 5.88 Å². The summed E-state index contributed by atoms with van der Waals surface area (Å²) < 4.78 is 36.8. The summed E-state index contributed by atoms with van der Waals surface area (Å²) in [5, 5.41) is 10.6. The van der Waals surface area contributed by atoms with Crippen molar-refractivity contribution in [2.24, 2.45) is 0 Å². The molecule has 4 rings (SSSR count). The summed E-state index contributed by atoms with van der Waals surface area (Å²) in [5.74, 6) is 0.177. The summed E-state index contributed by atoms with van der Waals surface area (Å²) in [5.41, 5.74) is 3.84. The van der Waals surface area contributed by atoms with E-state index in [0.717, 1.165) is 28.4 Å². The maximum absolute atomic E-state index is 11.8. The van der Waals surface area contributed by atoms with Crippen molar-refractivity contribution in [1.29, 1.82) is 5.26 Å². The van der Waals surface area contributed by atoms with Crippen molar-refractivity contribution in [3.8, 4) is 23.1 Å². The molecule has 2 aromatic heterocycles. The molecule has 0 unspecified atom stereocenters. The molecule has 166 valence electrons. The highest BCUT2D eigenvalue weighted by atomic mass is 32.2. The van der Waals surface area contributed by atoms with Gasteiger partial charge in [0.2, 0.25) is 15.9 Å². The number of sulfonamides is 1. The van der Waals surface area contributed by atoms with Crippen molar-refractivity contribution >= 4 is 32.3 Å². The monoisotopic (exact) mass is 453 g/mol. The molecule has 0 radical (unpaired) electrons. The number of morpholine rings is 1. The van der Waals surface area contributed by atoms with Crippen LogP contribution < -0.4 is 14.4 Å². The number of ether oxygens (including phenoxy) is 2. The zero-order chi connectivity index (χ0) is 22.9. The van der Waals surface area contributed by atoms with Crippen LogP contribution in [0.1, 0.15) is 12.5 Å². The Kier molecular flexibility index (Phi) is 5.86. The van der Waals surface area contributed by atoms with Gasteiger partial charge in [0.1, 0.15) is 11.8 Å². The zero-order valence-electron chi connectivity index (χ0n) is 18.0. The van der Waals surface area contributed by atoms with Gasteiger partial charge in [-0.05, 0) is 30.7 Å². The molecule has 0 saturated carbocycles. The van der Waals surface area contributed by atoms with E-state index in [0.29, 0.717) is 30.8 Å². The van der Waals surface area contributed by atoms with E-state index in [1.807, 2.05) is 25.1 Å². The van der Waals surface area contributed by atoms with Crippen molar-refractivity contribution in [3.05, 3.63) is 42.2 Å². The van der Waals surface area contributed by atoms with Gasteiger partial charge in [-0.1, -0.05) is 6.07 Å². The lowest BCUT2D eigenvalue weighted by Gasteiger charge is -2.34. The topological polar surface area (TPSA) is 117 Å². The van der Waals surface area contributed by atoms with Gasteiger partial charge in [0, 0.05) is 36.4 Å². The third kappa shape index (κ3) is 4.44. The second kappa shape index (κ2) is 8.61.